The van der Waals surface area contributed by atoms with Crippen molar-refractivity contribution in [3.8, 4) is 0 Å². The molecule has 1 N–H and O–H groups in total. The predicted molar refractivity (Wildman–Crippen MR) is 86.3 cm³/mol. The smallest absolute Gasteiger partial charge is 0.131 e. The first-order chi connectivity index (χ1) is 9.91. The Kier molecular flexibility index (Phi) is 5.01. The molecule has 0 aliphatic carbocycles. The minimum absolute atomic E-state index is 0.196. The van der Waals surface area contributed by atoms with Gasteiger partial charge in [0.2, 0.25) is 0 Å². The van der Waals surface area contributed by atoms with Gasteiger partial charge in [0, 0.05) is 25.4 Å². The molecule has 0 amide bonds. The molecule has 0 aromatic carbocycles. The summed E-state index contributed by atoms with van der Waals surface area (Å²) in [6.45, 7) is 9.17. The maximum absolute atomic E-state index is 6.30. The Balaban J connectivity index is 2.20. The molecule has 0 saturated heterocycles. The first kappa shape index (κ1) is 16.0. The van der Waals surface area contributed by atoms with Crippen LogP contribution in [0, 0.1) is 19.8 Å². The molecule has 114 valence electrons. The van der Waals surface area contributed by atoms with Crippen LogP contribution in [-0.4, -0.2) is 14.8 Å². The minimum Gasteiger partial charge on any atom is -0.304 e. The number of pyridine rings is 1. The van der Waals surface area contributed by atoms with Crippen molar-refractivity contribution in [2.24, 2.45) is 13.0 Å². The highest BCUT2D eigenvalue weighted by Gasteiger charge is 2.20. The van der Waals surface area contributed by atoms with E-state index in [9.17, 15) is 0 Å². The molecule has 0 fully saturated rings. The second-order valence-corrected chi connectivity index (χ2v) is 6.14. The zero-order valence-corrected chi connectivity index (χ0v) is 14.1. The maximum atomic E-state index is 6.30. The number of rotatable bonds is 5. The summed E-state index contributed by atoms with van der Waals surface area (Å²) in [4.78, 5) is 4.55. The van der Waals surface area contributed by atoms with Crippen LogP contribution >= 0.6 is 11.6 Å². The summed E-state index contributed by atoms with van der Waals surface area (Å²) < 4.78 is 1.71. The maximum Gasteiger partial charge on any atom is 0.131 e. The fourth-order valence-corrected chi connectivity index (χ4v) is 2.80. The van der Waals surface area contributed by atoms with Crippen LogP contribution in [0.2, 0.25) is 5.15 Å². The predicted octanol–water partition coefficient (Wildman–Crippen LogP) is 3.57. The first-order valence-electron chi connectivity index (χ1n) is 7.24. The van der Waals surface area contributed by atoms with E-state index in [1.165, 1.54) is 5.56 Å². The van der Waals surface area contributed by atoms with Gasteiger partial charge in [0.1, 0.15) is 5.15 Å². The molecule has 0 radical (unpaired) electrons. The molecule has 5 heteroatoms. The van der Waals surface area contributed by atoms with Gasteiger partial charge in [-0.05, 0) is 31.4 Å². The first-order valence-corrected chi connectivity index (χ1v) is 7.62. The van der Waals surface area contributed by atoms with Crippen LogP contribution in [0.15, 0.2) is 18.3 Å². The lowest BCUT2D eigenvalue weighted by Crippen LogP contribution is -2.27. The molecule has 2 rings (SSSR count). The van der Waals surface area contributed by atoms with Gasteiger partial charge in [-0.15, -0.1) is 0 Å². The molecule has 21 heavy (non-hydrogen) atoms. The average molecular weight is 307 g/mol. The lowest BCUT2D eigenvalue weighted by atomic mass is 9.97. The van der Waals surface area contributed by atoms with Crippen LogP contribution in [0.1, 0.15) is 42.4 Å². The van der Waals surface area contributed by atoms with Gasteiger partial charge < -0.3 is 5.32 Å². The Labute approximate surface area is 131 Å². The average Bonchev–Trinajstić information content (AvgIpc) is 2.66. The van der Waals surface area contributed by atoms with Crippen molar-refractivity contribution in [3.05, 3.63) is 46.0 Å². The molecule has 1 atom stereocenters. The molecule has 0 unspecified atom stereocenters. The topological polar surface area (TPSA) is 42.7 Å². The molecule has 4 nitrogen and oxygen atoms in total. The largest absolute Gasteiger partial charge is 0.304 e. The number of halogens is 1. The van der Waals surface area contributed by atoms with Gasteiger partial charge in [-0.25, -0.2) is 0 Å². The number of aromatic nitrogens is 3. The molecule has 0 aliphatic rings. The highest BCUT2D eigenvalue weighted by Crippen LogP contribution is 2.25. The summed E-state index contributed by atoms with van der Waals surface area (Å²) in [6.07, 6.45) is 1.85. The van der Waals surface area contributed by atoms with Gasteiger partial charge in [0.25, 0.3) is 0 Å². The van der Waals surface area contributed by atoms with Crippen molar-refractivity contribution in [2.75, 3.05) is 0 Å². The Morgan fingerprint density at radius 3 is 2.57 bits per heavy atom. The van der Waals surface area contributed by atoms with Crippen molar-refractivity contribution in [2.45, 2.75) is 40.3 Å². The van der Waals surface area contributed by atoms with Crippen LogP contribution in [0.25, 0.3) is 0 Å². The Hall–Kier alpha value is -1.39. The zero-order valence-electron chi connectivity index (χ0n) is 13.3. The molecular formula is C16H23ClN4. The summed E-state index contributed by atoms with van der Waals surface area (Å²) in [7, 11) is 1.86. The fraction of sp³-hybridized carbons (Fsp3) is 0.500. The third kappa shape index (κ3) is 3.44. The van der Waals surface area contributed by atoms with E-state index in [1.54, 1.807) is 4.68 Å². The van der Waals surface area contributed by atoms with Crippen LogP contribution in [-0.2, 0) is 13.6 Å². The van der Waals surface area contributed by atoms with Gasteiger partial charge in [0.05, 0.1) is 17.4 Å². The molecule has 0 spiro atoms. The van der Waals surface area contributed by atoms with E-state index in [2.05, 4.69) is 42.2 Å². The summed E-state index contributed by atoms with van der Waals surface area (Å²) in [6, 6.07) is 4.27. The van der Waals surface area contributed by atoms with Gasteiger partial charge in [-0.1, -0.05) is 31.5 Å². The molecular weight excluding hydrogens is 284 g/mol. The Morgan fingerprint density at radius 1 is 1.33 bits per heavy atom. The zero-order chi connectivity index (χ0) is 15.6. The third-order valence-corrected chi connectivity index (χ3v) is 4.25. The number of nitrogens with zero attached hydrogens (tertiary/aromatic N) is 3. The summed E-state index contributed by atoms with van der Waals surface area (Å²) in [5.41, 5.74) is 4.33. The van der Waals surface area contributed by atoms with E-state index in [-0.39, 0.29) is 6.04 Å². The quantitative estimate of drug-likeness (QED) is 0.918. The fourth-order valence-electron chi connectivity index (χ4n) is 2.56. The molecule has 0 bridgehead atoms. The van der Waals surface area contributed by atoms with E-state index in [1.807, 2.05) is 26.2 Å². The van der Waals surface area contributed by atoms with Crippen LogP contribution in [0.5, 0.6) is 0 Å². The lowest BCUT2D eigenvalue weighted by molar-refractivity contribution is 0.400. The highest BCUT2D eigenvalue weighted by molar-refractivity contribution is 6.30. The second kappa shape index (κ2) is 6.58. The van der Waals surface area contributed by atoms with Crippen molar-refractivity contribution < 1.29 is 0 Å². The summed E-state index contributed by atoms with van der Waals surface area (Å²) in [5.74, 6) is 0.439. The van der Waals surface area contributed by atoms with Crippen LogP contribution < -0.4 is 5.32 Å². The van der Waals surface area contributed by atoms with E-state index in [0.29, 0.717) is 17.6 Å². The number of hydrogen-bond acceptors (Lipinski definition) is 3. The SMILES string of the molecule is Cc1cccnc1[C@H](NCc1c(C)nn(C)c1Cl)C(C)C. The normalized spacial score (nSPS) is 12.9. The summed E-state index contributed by atoms with van der Waals surface area (Å²) in [5, 5.41) is 8.63. The van der Waals surface area contributed by atoms with Gasteiger partial charge >= 0.3 is 0 Å². The van der Waals surface area contributed by atoms with E-state index in [4.69, 9.17) is 11.6 Å². The Morgan fingerprint density at radius 2 is 2.05 bits per heavy atom. The number of hydrogen-bond donors (Lipinski definition) is 1. The van der Waals surface area contributed by atoms with E-state index >= 15 is 0 Å². The number of aryl methyl sites for hydroxylation is 3. The molecule has 2 heterocycles. The summed E-state index contributed by atoms with van der Waals surface area (Å²) >= 11 is 6.30. The Bertz CT molecular complexity index is 619. The molecule has 0 saturated carbocycles. The van der Waals surface area contributed by atoms with Crippen molar-refractivity contribution in [3.63, 3.8) is 0 Å². The van der Waals surface area contributed by atoms with Crippen molar-refractivity contribution in [1.82, 2.24) is 20.1 Å². The highest BCUT2D eigenvalue weighted by atomic mass is 35.5. The van der Waals surface area contributed by atoms with Crippen molar-refractivity contribution in [1.29, 1.82) is 0 Å². The minimum atomic E-state index is 0.196. The molecule has 2 aromatic rings. The molecule has 2 aromatic heterocycles. The second-order valence-electron chi connectivity index (χ2n) is 5.79. The van der Waals surface area contributed by atoms with Gasteiger partial charge in [0.15, 0.2) is 0 Å². The van der Waals surface area contributed by atoms with Gasteiger partial charge in [-0.2, -0.15) is 5.10 Å². The molecule has 0 aliphatic heterocycles. The standard InChI is InChI=1S/C16H23ClN4/c1-10(2)14(15-11(3)7-6-8-18-15)19-9-13-12(4)20-21(5)16(13)17/h6-8,10,14,19H,9H2,1-5H3/t14-/m1/s1. The van der Waals surface area contributed by atoms with Crippen LogP contribution in [0.3, 0.4) is 0 Å². The lowest BCUT2D eigenvalue weighted by Gasteiger charge is -2.23. The number of nitrogens with one attached hydrogen (secondary N) is 1. The van der Waals surface area contributed by atoms with E-state index in [0.717, 1.165) is 17.0 Å². The third-order valence-electron chi connectivity index (χ3n) is 3.78. The van der Waals surface area contributed by atoms with Crippen LogP contribution in [0.4, 0.5) is 0 Å². The van der Waals surface area contributed by atoms with E-state index < -0.39 is 0 Å². The van der Waals surface area contributed by atoms with Gasteiger partial charge in [-0.3, -0.25) is 9.67 Å². The monoisotopic (exact) mass is 306 g/mol. The van der Waals surface area contributed by atoms with Crippen molar-refractivity contribution >= 4 is 11.6 Å².